The third-order valence-electron chi connectivity index (χ3n) is 3.59. The summed E-state index contributed by atoms with van der Waals surface area (Å²) in [5.41, 5.74) is 0.955. The zero-order valence-corrected chi connectivity index (χ0v) is 12.2. The second-order valence-electron chi connectivity index (χ2n) is 5.10. The van der Waals surface area contributed by atoms with Crippen molar-refractivity contribution in [2.24, 2.45) is 0 Å². The molecule has 0 spiro atoms. The number of hydrogen-bond acceptors (Lipinski definition) is 6. The molecule has 3 rings (SSSR count). The lowest BCUT2D eigenvalue weighted by molar-refractivity contribution is -0.385. The Morgan fingerprint density at radius 1 is 1.00 bits per heavy atom. The van der Waals surface area contributed by atoms with Gasteiger partial charge in [-0.25, -0.2) is 0 Å². The van der Waals surface area contributed by atoms with Gasteiger partial charge in [0.2, 0.25) is 0 Å². The molecule has 2 aromatic rings. The summed E-state index contributed by atoms with van der Waals surface area (Å²) in [5.74, 6) is -0.0413. The largest absolute Gasteiger partial charge is 0.481 e. The van der Waals surface area contributed by atoms with Crippen molar-refractivity contribution in [3.63, 3.8) is 0 Å². The number of anilines is 1. The van der Waals surface area contributed by atoms with Crippen LogP contribution in [0, 0.1) is 20.2 Å². The molecule has 0 bridgehead atoms. The van der Waals surface area contributed by atoms with Crippen molar-refractivity contribution < 1.29 is 19.4 Å². The zero-order valence-electron chi connectivity index (χ0n) is 12.2. The molecule has 0 radical (unpaired) electrons. The number of nitro benzene ring substituents is 2. The summed E-state index contributed by atoms with van der Waals surface area (Å²) in [5, 5.41) is 21.5. The van der Waals surface area contributed by atoms with Gasteiger partial charge in [0.1, 0.15) is 0 Å². The molecule has 1 heterocycles. The fourth-order valence-electron chi connectivity index (χ4n) is 2.39. The van der Waals surface area contributed by atoms with Crippen LogP contribution in [0.4, 0.5) is 17.1 Å². The monoisotopic (exact) mass is 329 g/mol. The molecule has 1 aliphatic rings. The first-order valence-corrected chi connectivity index (χ1v) is 6.90. The lowest BCUT2D eigenvalue weighted by atomic mass is 10.1. The number of carbonyl (C=O) groups excluding carboxylic acids is 1. The summed E-state index contributed by atoms with van der Waals surface area (Å²) in [6.07, 6.45) is 0. The van der Waals surface area contributed by atoms with E-state index in [1.807, 2.05) is 0 Å². The molecular formula is C15H11N3O6. The first-order chi connectivity index (χ1) is 11.5. The Morgan fingerprint density at radius 2 is 1.62 bits per heavy atom. The highest BCUT2D eigenvalue weighted by Crippen LogP contribution is 2.36. The van der Waals surface area contributed by atoms with Crippen LogP contribution in [0.5, 0.6) is 5.75 Å². The minimum absolute atomic E-state index is 0.0388. The number of benzene rings is 2. The standard InChI is InChI=1S/C15H11N3O6/c19-15-9-24-14-7-12(18(22)23)5-6-13(14)16(15)8-10-1-3-11(4-2-10)17(20)21/h1-7H,8-9H2. The fraction of sp³-hybridized carbons (Fsp3) is 0.133. The molecule has 0 saturated carbocycles. The summed E-state index contributed by atoms with van der Waals surface area (Å²) in [6, 6.07) is 9.86. The molecule has 1 aliphatic heterocycles. The Hall–Kier alpha value is -3.49. The topological polar surface area (TPSA) is 116 Å². The third kappa shape index (κ3) is 2.86. The van der Waals surface area contributed by atoms with Crippen LogP contribution < -0.4 is 9.64 Å². The molecule has 1 amide bonds. The lowest BCUT2D eigenvalue weighted by Crippen LogP contribution is -2.38. The van der Waals surface area contributed by atoms with Crippen LogP contribution in [-0.4, -0.2) is 22.4 Å². The van der Waals surface area contributed by atoms with Crippen LogP contribution >= 0.6 is 0 Å². The van der Waals surface area contributed by atoms with Crippen LogP contribution in [0.25, 0.3) is 0 Å². The minimum atomic E-state index is -0.541. The second kappa shape index (κ2) is 5.95. The average molecular weight is 329 g/mol. The molecule has 0 fully saturated rings. The van der Waals surface area contributed by atoms with E-state index < -0.39 is 9.85 Å². The molecule has 24 heavy (non-hydrogen) atoms. The number of rotatable bonds is 4. The smallest absolute Gasteiger partial charge is 0.273 e. The van der Waals surface area contributed by atoms with E-state index in [4.69, 9.17) is 4.74 Å². The van der Waals surface area contributed by atoms with Gasteiger partial charge < -0.3 is 9.64 Å². The van der Waals surface area contributed by atoms with Gasteiger partial charge in [0.25, 0.3) is 17.3 Å². The normalized spacial score (nSPS) is 13.2. The van der Waals surface area contributed by atoms with Crippen molar-refractivity contribution in [1.82, 2.24) is 0 Å². The van der Waals surface area contributed by atoms with Crippen LogP contribution in [0.2, 0.25) is 0 Å². The van der Waals surface area contributed by atoms with E-state index in [-0.39, 0.29) is 36.2 Å². The van der Waals surface area contributed by atoms with Gasteiger partial charge in [-0.3, -0.25) is 25.0 Å². The van der Waals surface area contributed by atoms with Crippen molar-refractivity contribution in [1.29, 1.82) is 0 Å². The minimum Gasteiger partial charge on any atom is -0.481 e. The Morgan fingerprint density at radius 3 is 2.25 bits per heavy atom. The maximum Gasteiger partial charge on any atom is 0.273 e. The number of carbonyl (C=O) groups is 1. The molecule has 0 unspecified atom stereocenters. The van der Waals surface area contributed by atoms with E-state index in [2.05, 4.69) is 0 Å². The molecule has 2 aromatic carbocycles. The Bertz CT molecular complexity index is 834. The van der Waals surface area contributed by atoms with Gasteiger partial charge in [0, 0.05) is 18.2 Å². The van der Waals surface area contributed by atoms with Gasteiger partial charge in [-0.2, -0.15) is 0 Å². The maximum atomic E-state index is 12.1. The second-order valence-corrected chi connectivity index (χ2v) is 5.10. The molecule has 0 N–H and O–H groups in total. The highest BCUT2D eigenvalue weighted by molar-refractivity contribution is 5.98. The van der Waals surface area contributed by atoms with Gasteiger partial charge in [0.05, 0.1) is 28.1 Å². The van der Waals surface area contributed by atoms with Crippen LogP contribution in [0.3, 0.4) is 0 Å². The summed E-state index contributed by atoms with van der Waals surface area (Å²) in [7, 11) is 0. The van der Waals surface area contributed by atoms with E-state index in [1.165, 1.54) is 35.2 Å². The molecule has 122 valence electrons. The predicted octanol–water partition coefficient (Wildman–Crippen LogP) is 2.43. The summed E-state index contributed by atoms with van der Waals surface area (Å²) >= 11 is 0. The van der Waals surface area contributed by atoms with Crippen LogP contribution in [0.15, 0.2) is 42.5 Å². The van der Waals surface area contributed by atoms with Gasteiger partial charge in [-0.15, -0.1) is 0 Å². The SMILES string of the molecule is O=C1COc2cc([N+](=O)[O-])ccc2N1Cc1ccc([N+](=O)[O-])cc1. The first-order valence-electron chi connectivity index (χ1n) is 6.90. The van der Waals surface area contributed by atoms with E-state index in [0.29, 0.717) is 11.3 Å². The summed E-state index contributed by atoms with van der Waals surface area (Å²) in [6.45, 7) is -0.0356. The van der Waals surface area contributed by atoms with Crippen molar-refractivity contribution in [3.8, 4) is 5.75 Å². The number of nitrogens with zero attached hydrogens (tertiary/aromatic N) is 3. The molecule has 9 heteroatoms. The highest BCUT2D eigenvalue weighted by Gasteiger charge is 2.27. The van der Waals surface area contributed by atoms with Crippen molar-refractivity contribution in [2.75, 3.05) is 11.5 Å². The van der Waals surface area contributed by atoms with Crippen molar-refractivity contribution in [2.45, 2.75) is 6.54 Å². The Kier molecular flexibility index (Phi) is 3.82. The quantitative estimate of drug-likeness (QED) is 0.628. The van der Waals surface area contributed by atoms with Crippen LogP contribution in [0.1, 0.15) is 5.56 Å². The number of nitro groups is 2. The van der Waals surface area contributed by atoms with Gasteiger partial charge in [0.15, 0.2) is 12.4 Å². The van der Waals surface area contributed by atoms with E-state index in [1.54, 1.807) is 12.1 Å². The molecule has 0 saturated heterocycles. The van der Waals surface area contributed by atoms with Crippen LogP contribution in [-0.2, 0) is 11.3 Å². The van der Waals surface area contributed by atoms with Gasteiger partial charge in [-0.05, 0) is 11.6 Å². The number of fused-ring (bicyclic) bond motifs is 1. The highest BCUT2D eigenvalue weighted by atomic mass is 16.6. The Balaban J connectivity index is 1.89. The van der Waals surface area contributed by atoms with Gasteiger partial charge >= 0.3 is 0 Å². The zero-order chi connectivity index (χ0) is 17.3. The van der Waals surface area contributed by atoms with E-state index in [9.17, 15) is 25.0 Å². The average Bonchev–Trinajstić information content (AvgIpc) is 2.57. The molecular weight excluding hydrogens is 318 g/mol. The molecule has 0 aliphatic carbocycles. The number of ether oxygens (including phenoxy) is 1. The predicted molar refractivity (Wildman–Crippen MR) is 82.9 cm³/mol. The Labute approximate surface area is 135 Å². The summed E-state index contributed by atoms with van der Waals surface area (Å²) in [4.78, 5) is 34.0. The first kappa shape index (κ1) is 15.4. The van der Waals surface area contributed by atoms with Gasteiger partial charge in [-0.1, -0.05) is 12.1 Å². The summed E-state index contributed by atoms with van der Waals surface area (Å²) < 4.78 is 5.26. The van der Waals surface area contributed by atoms with Crippen molar-refractivity contribution >= 4 is 23.0 Å². The molecule has 0 atom stereocenters. The lowest BCUT2D eigenvalue weighted by Gasteiger charge is -2.29. The maximum absolute atomic E-state index is 12.1. The number of hydrogen-bond donors (Lipinski definition) is 0. The molecule has 9 nitrogen and oxygen atoms in total. The van der Waals surface area contributed by atoms with E-state index >= 15 is 0 Å². The third-order valence-corrected chi connectivity index (χ3v) is 3.59. The fourth-order valence-corrected chi connectivity index (χ4v) is 2.39. The number of amides is 1. The van der Waals surface area contributed by atoms with Crippen molar-refractivity contribution in [3.05, 3.63) is 68.3 Å². The number of non-ortho nitro benzene ring substituents is 2. The van der Waals surface area contributed by atoms with E-state index in [0.717, 1.165) is 0 Å². The molecule has 0 aromatic heterocycles.